The molecule has 2 aromatic rings. The number of pyridine rings is 1. The zero-order valence-corrected chi connectivity index (χ0v) is 13.8. The van der Waals surface area contributed by atoms with E-state index >= 15 is 0 Å². The van der Waals surface area contributed by atoms with Crippen LogP contribution in [0.4, 0.5) is 11.4 Å². The Kier molecular flexibility index (Phi) is 5.15. The highest BCUT2D eigenvalue weighted by Gasteiger charge is 2.13. The highest BCUT2D eigenvalue weighted by Crippen LogP contribution is 2.20. The summed E-state index contributed by atoms with van der Waals surface area (Å²) in [6.07, 6.45) is 4.75. The van der Waals surface area contributed by atoms with Crippen LogP contribution in [-0.2, 0) is 17.8 Å². The molecule has 0 spiro atoms. The molecule has 1 aromatic heterocycles. The Bertz CT molecular complexity index is 648. The highest BCUT2D eigenvalue weighted by molar-refractivity contribution is 5.91. The first-order valence-corrected chi connectivity index (χ1v) is 7.56. The molecule has 1 N–H and O–H groups in total. The van der Waals surface area contributed by atoms with Gasteiger partial charge in [-0.25, -0.2) is 0 Å². The van der Waals surface area contributed by atoms with E-state index in [-0.39, 0.29) is 5.91 Å². The minimum Gasteiger partial charge on any atom is -0.377 e. The van der Waals surface area contributed by atoms with Crippen molar-refractivity contribution < 1.29 is 9.36 Å². The van der Waals surface area contributed by atoms with E-state index in [1.807, 2.05) is 67.1 Å². The molecule has 1 amide bonds. The molecule has 0 aliphatic rings. The molecule has 4 heteroatoms. The van der Waals surface area contributed by atoms with E-state index in [0.29, 0.717) is 6.54 Å². The quantitative estimate of drug-likeness (QED) is 0.861. The van der Waals surface area contributed by atoms with E-state index < -0.39 is 0 Å². The maximum absolute atomic E-state index is 12.3. The van der Waals surface area contributed by atoms with Crippen LogP contribution in [0, 0.1) is 6.92 Å². The minimum absolute atomic E-state index is 0.00777. The van der Waals surface area contributed by atoms with Gasteiger partial charge in [0, 0.05) is 37.6 Å². The Labute approximate surface area is 132 Å². The predicted octanol–water partition coefficient (Wildman–Crippen LogP) is 2.55. The van der Waals surface area contributed by atoms with E-state index in [1.54, 1.807) is 0 Å². The molecule has 0 fully saturated rings. The van der Waals surface area contributed by atoms with Gasteiger partial charge >= 0.3 is 0 Å². The number of hydrogen-bond donors (Lipinski definition) is 1. The number of hydrogen-bond acceptors (Lipinski definition) is 2. The number of benzene rings is 1. The van der Waals surface area contributed by atoms with Gasteiger partial charge in [0.2, 0.25) is 6.54 Å². The lowest BCUT2D eigenvalue weighted by Crippen LogP contribution is -2.39. The van der Waals surface area contributed by atoms with Gasteiger partial charge in [0.15, 0.2) is 12.4 Å². The number of rotatable bonds is 5. The van der Waals surface area contributed by atoms with Gasteiger partial charge in [0.1, 0.15) is 0 Å². The number of nitrogens with zero attached hydrogens (tertiary/aromatic N) is 2. The number of carbonyl (C=O) groups is 1. The molecule has 4 nitrogen and oxygen atoms in total. The molecule has 0 aliphatic carbocycles. The maximum Gasteiger partial charge on any atom is 0.290 e. The van der Waals surface area contributed by atoms with Crippen molar-refractivity contribution in [2.45, 2.75) is 26.8 Å². The van der Waals surface area contributed by atoms with Crippen LogP contribution in [-0.4, -0.2) is 20.0 Å². The fourth-order valence-electron chi connectivity index (χ4n) is 2.40. The molecule has 0 bridgehead atoms. The Morgan fingerprint density at radius 3 is 2.45 bits per heavy atom. The molecule has 0 saturated heterocycles. The van der Waals surface area contributed by atoms with Crippen LogP contribution in [0.5, 0.6) is 0 Å². The second-order valence-corrected chi connectivity index (χ2v) is 5.63. The highest BCUT2D eigenvalue weighted by atomic mass is 16.1. The molecule has 116 valence electrons. The second kappa shape index (κ2) is 7.07. The third kappa shape index (κ3) is 3.85. The van der Waals surface area contributed by atoms with Gasteiger partial charge in [-0.05, 0) is 24.5 Å². The lowest BCUT2D eigenvalue weighted by Gasteiger charge is -2.12. The standard InChI is InChI=1S/C18H23N3O/c1-5-15-8-6-7-14(2)18(15)19-17(22)13-21-11-9-16(10-12-21)20(3)4/h6-12H,5,13H2,1-4H3/p+1. The van der Waals surface area contributed by atoms with Crippen molar-refractivity contribution in [3.63, 3.8) is 0 Å². The lowest BCUT2D eigenvalue weighted by atomic mass is 10.1. The first kappa shape index (κ1) is 16.0. The van der Waals surface area contributed by atoms with Crippen molar-refractivity contribution in [2.75, 3.05) is 24.3 Å². The molecule has 0 saturated carbocycles. The molecule has 0 atom stereocenters. The number of carbonyl (C=O) groups excluding carboxylic acids is 1. The third-order valence-electron chi connectivity index (χ3n) is 3.72. The van der Waals surface area contributed by atoms with Gasteiger partial charge < -0.3 is 10.2 Å². The summed E-state index contributed by atoms with van der Waals surface area (Å²) in [4.78, 5) is 14.3. The third-order valence-corrected chi connectivity index (χ3v) is 3.72. The second-order valence-electron chi connectivity index (χ2n) is 5.63. The number of para-hydroxylation sites is 1. The fourth-order valence-corrected chi connectivity index (χ4v) is 2.40. The zero-order valence-electron chi connectivity index (χ0n) is 13.8. The van der Waals surface area contributed by atoms with E-state index in [4.69, 9.17) is 0 Å². The molecule has 1 heterocycles. The Balaban J connectivity index is 2.07. The van der Waals surface area contributed by atoms with Gasteiger partial charge in [-0.15, -0.1) is 0 Å². The number of amides is 1. The molecule has 22 heavy (non-hydrogen) atoms. The summed E-state index contributed by atoms with van der Waals surface area (Å²) in [5.41, 5.74) is 4.33. The maximum atomic E-state index is 12.3. The van der Waals surface area contributed by atoms with Crippen LogP contribution in [0.1, 0.15) is 18.1 Å². The average molecular weight is 298 g/mol. The monoisotopic (exact) mass is 298 g/mol. The summed E-state index contributed by atoms with van der Waals surface area (Å²) in [6.45, 7) is 4.43. The molecule has 0 radical (unpaired) electrons. The fraction of sp³-hybridized carbons (Fsp3) is 0.333. The van der Waals surface area contributed by atoms with Gasteiger partial charge in [0.25, 0.3) is 5.91 Å². The van der Waals surface area contributed by atoms with Crippen molar-refractivity contribution in [1.29, 1.82) is 0 Å². The average Bonchev–Trinajstić information content (AvgIpc) is 2.49. The van der Waals surface area contributed by atoms with E-state index in [1.165, 1.54) is 5.56 Å². The first-order chi connectivity index (χ1) is 10.5. The molecule has 0 aliphatic heterocycles. The molecule has 0 unspecified atom stereocenters. The van der Waals surface area contributed by atoms with Crippen molar-refractivity contribution in [3.05, 3.63) is 53.9 Å². The number of nitrogens with one attached hydrogen (secondary N) is 1. The summed E-state index contributed by atoms with van der Waals surface area (Å²) in [7, 11) is 3.99. The summed E-state index contributed by atoms with van der Waals surface area (Å²) in [5.74, 6) is -0.00777. The van der Waals surface area contributed by atoms with Crippen LogP contribution >= 0.6 is 0 Å². The van der Waals surface area contributed by atoms with Gasteiger partial charge in [-0.1, -0.05) is 25.1 Å². The smallest absolute Gasteiger partial charge is 0.290 e. The summed E-state index contributed by atoms with van der Waals surface area (Å²) in [5, 5.41) is 3.05. The summed E-state index contributed by atoms with van der Waals surface area (Å²) >= 11 is 0. The van der Waals surface area contributed by atoms with Crippen LogP contribution in [0.25, 0.3) is 0 Å². The van der Waals surface area contributed by atoms with Crippen LogP contribution in [0.3, 0.4) is 0 Å². The van der Waals surface area contributed by atoms with E-state index in [0.717, 1.165) is 23.4 Å². The van der Waals surface area contributed by atoms with Crippen molar-refractivity contribution >= 4 is 17.3 Å². The largest absolute Gasteiger partial charge is 0.377 e. The SMILES string of the molecule is CCc1cccc(C)c1NC(=O)C[n+]1ccc(N(C)C)cc1. The summed E-state index contributed by atoms with van der Waals surface area (Å²) in [6, 6.07) is 10.1. The predicted molar refractivity (Wildman–Crippen MR) is 90.2 cm³/mol. The first-order valence-electron chi connectivity index (χ1n) is 7.56. The zero-order chi connectivity index (χ0) is 16.1. The van der Waals surface area contributed by atoms with E-state index in [9.17, 15) is 4.79 Å². The lowest BCUT2D eigenvalue weighted by molar-refractivity contribution is -0.684. The Morgan fingerprint density at radius 1 is 1.18 bits per heavy atom. The van der Waals surface area contributed by atoms with Gasteiger partial charge in [0.05, 0.1) is 0 Å². The number of aryl methyl sites for hydroxylation is 2. The van der Waals surface area contributed by atoms with Crippen LogP contribution in [0.15, 0.2) is 42.7 Å². The minimum atomic E-state index is -0.00777. The Hall–Kier alpha value is -2.36. The molecule has 2 rings (SSSR count). The van der Waals surface area contributed by atoms with Gasteiger partial charge in [-0.2, -0.15) is 4.57 Å². The van der Waals surface area contributed by atoms with Crippen molar-refractivity contribution in [1.82, 2.24) is 0 Å². The Morgan fingerprint density at radius 2 is 1.86 bits per heavy atom. The number of aromatic nitrogens is 1. The van der Waals surface area contributed by atoms with Crippen LogP contribution < -0.4 is 14.8 Å². The molecule has 1 aromatic carbocycles. The molecular weight excluding hydrogens is 274 g/mol. The van der Waals surface area contributed by atoms with Crippen LogP contribution in [0.2, 0.25) is 0 Å². The number of anilines is 2. The topological polar surface area (TPSA) is 36.2 Å². The normalized spacial score (nSPS) is 10.4. The van der Waals surface area contributed by atoms with E-state index in [2.05, 4.69) is 18.3 Å². The molecular formula is C18H24N3O+. The summed E-state index contributed by atoms with van der Waals surface area (Å²) < 4.78 is 1.88. The van der Waals surface area contributed by atoms with Crippen molar-refractivity contribution in [3.8, 4) is 0 Å². The van der Waals surface area contributed by atoms with Gasteiger partial charge in [-0.3, -0.25) is 4.79 Å². The van der Waals surface area contributed by atoms with Crippen molar-refractivity contribution in [2.24, 2.45) is 0 Å².